The average Bonchev–Trinajstić information content (AvgIpc) is 3.07. The maximum Gasteiger partial charge on any atom is 0.255 e. The minimum atomic E-state index is -0.583. The van der Waals surface area contributed by atoms with Gasteiger partial charge in [-0.3, -0.25) is 9.59 Å². The molecule has 144 valence electrons. The summed E-state index contributed by atoms with van der Waals surface area (Å²) in [6, 6.07) is 4.11. The minimum Gasteiger partial charge on any atom is -0.350 e. The molecule has 2 aromatic heterocycles. The summed E-state index contributed by atoms with van der Waals surface area (Å²) in [5, 5.41) is 8.18. The first-order valence-electron chi connectivity index (χ1n) is 8.52. The van der Waals surface area contributed by atoms with Crippen LogP contribution < -0.4 is 16.0 Å². The summed E-state index contributed by atoms with van der Waals surface area (Å²) in [6.45, 7) is 7.06. The van der Waals surface area contributed by atoms with Crippen molar-refractivity contribution in [1.82, 2.24) is 20.3 Å². The number of hydrogen-bond acceptors (Lipinski definition) is 5. The molecule has 8 nitrogen and oxygen atoms in total. The highest BCUT2D eigenvalue weighted by Gasteiger charge is 2.15. The van der Waals surface area contributed by atoms with Gasteiger partial charge in [0.05, 0.1) is 17.4 Å². The van der Waals surface area contributed by atoms with Crippen LogP contribution in [0, 0.1) is 5.82 Å². The van der Waals surface area contributed by atoms with Crippen molar-refractivity contribution in [3.63, 3.8) is 0 Å². The lowest BCUT2D eigenvalue weighted by molar-refractivity contribution is -0.111. The van der Waals surface area contributed by atoms with Gasteiger partial charge in [-0.15, -0.1) is 0 Å². The fraction of sp³-hybridized carbons (Fsp3) is 0.158. The summed E-state index contributed by atoms with van der Waals surface area (Å²) >= 11 is 0. The van der Waals surface area contributed by atoms with Crippen molar-refractivity contribution >= 4 is 40.2 Å². The van der Waals surface area contributed by atoms with Crippen LogP contribution in [0.5, 0.6) is 0 Å². The topological polar surface area (TPSA) is 112 Å². The van der Waals surface area contributed by atoms with Gasteiger partial charge in [-0.25, -0.2) is 14.4 Å². The van der Waals surface area contributed by atoms with Crippen LogP contribution in [-0.2, 0) is 4.79 Å². The third-order valence-corrected chi connectivity index (χ3v) is 3.73. The zero-order chi connectivity index (χ0) is 20.3. The molecule has 3 rings (SSSR count). The Bertz CT molecular complexity index is 1060. The Kier molecular flexibility index (Phi) is 5.35. The first kappa shape index (κ1) is 19.0. The molecule has 0 saturated carbocycles. The van der Waals surface area contributed by atoms with E-state index in [-0.39, 0.29) is 17.6 Å². The molecule has 0 radical (unpaired) electrons. The summed E-state index contributed by atoms with van der Waals surface area (Å²) in [6.07, 6.45) is 4.08. The van der Waals surface area contributed by atoms with E-state index in [4.69, 9.17) is 0 Å². The molecule has 0 atom stereocenters. The van der Waals surface area contributed by atoms with E-state index < -0.39 is 11.7 Å². The molecule has 2 heterocycles. The lowest BCUT2D eigenvalue weighted by Gasteiger charge is -2.10. The first-order chi connectivity index (χ1) is 13.4. The fourth-order valence-electron chi connectivity index (χ4n) is 2.50. The first-order valence-corrected chi connectivity index (χ1v) is 8.52. The van der Waals surface area contributed by atoms with Crippen molar-refractivity contribution in [2.45, 2.75) is 19.9 Å². The Labute approximate surface area is 160 Å². The number of carbonyl (C=O) groups is 2. The molecule has 9 heteroatoms. The molecular weight excluding hydrogens is 363 g/mol. The van der Waals surface area contributed by atoms with E-state index in [0.717, 1.165) is 6.08 Å². The van der Waals surface area contributed by atoms with Crippen LogP contribution in [0.4, 0.5) is 21.6 Å². The number of rotatable bonds is 6. The number of aromatic amines is 1. The number of nitrogens with zero attached hydrogens (tertiary/aromatic N) is 2. The highest BCUT2D eigenvalue weighted by atomic mass is 19.1. The monoisotopic (exact) mass is 382 g/mol. The van der Waals surface area contributed by atoms with Gasteiger partial charge in [-0.2, -0.15) is 0 Å². The maximum atomic E-state index is 13.9. The SMILES string of the molecule is C=CC(=O)Nc1cc(Nc2cnc3[nH]cc(C(=O)NC(C)C)c3n2)ccc1F. The molecule has 2 amide bonds. The van der Waals surface area contributed by atoms with Crippen molar-refractivity contribution in [2.75, 3.05) is 10.6 Å². The molecule has 0 spiro atoms. The largest absolute Gasteiger partial charge is 0.350 e. The number of aromatic nitrogens is 3. The molecule has 4 N–H and O–H groups in total. The van der Waals surface area contributed by atoms with Gasteiger partial charge in [0.1, 0.15) is 17.2 Å². The van der Waals surface area contributed by atoms with E-state index in [0.29, 0.717) is 28.2 Å². The quantitative estimate of drug-likeness (QED) is 0.490. The molecule has 0 fully saturated rings. The Morgan fingerprint density at radius 1 is 1.32 bits per heavy atom. The predicted molar refractivity (Wildman–Crippen MR) is 105 cm³/mol. The fourth-order valence-corrected chi connectivity index (χ4v) is 2.50. The van der Waals surface area contributed by atoms with E-state index in [1.165, 1.54) is 24.4 Å². The lowest BCUT2D eigenvalue weighted by atomic mass is 10.2. The number of benzene rings is 1. The smallest absolute Gasteiger partial charge is 0.255 e. The van der Waals surface area contributed by atoms with E-state index in [9.17, 15) is 14.0 Å². The Morgan fingerprint density at radius 3 is 2.82 bits per heavy atom. The van der Waals surface area contributed by atoms with Crippen molar-refractivity contribution in [1.29, 1.82) is 0 Å². The summed E-state index contributed by atoms with van der Waals surface area (Å²) in [7, 11) is 0. The van der Waals surface area contributed by atoms with Gasteiger partial charge in [-0.1, -0.05) is 6.58 Å². The highest BCUT2D eigenvalue weighted by Crippen LogP contribution is 2.23. The van der Waals surface area contributed by atoms with Gasteiger partial charge < -0.3 is 20.9 Å². The molecule has 0 aliphatic heterocycles. The molecular formula is C19H19FN6O2. The molecule has 3 aromatic rings. The Morgan fingerprint density at radius 2 is 2.11 bits per heavy atom. The summed E-state index contributed by atoms with van der Waals surface area (Å²) in [5.74, 6) is -1.01. The van der Waals surface area contributed by atoms with E-state index in [2.05, 4.69) is 37.5 Å². The third kappa shape index (κ3) is 4.14. The van der Waals surface area contributed by atoms with Crippen molar-refractivity contribution < 1.29 is 14.0 Å². The number of anilines is 3. The number of hydrogen-bond donors (Lipinski definition) is 4. The van der Waals surface area contributed by atoms with E-state index >= 15 is 0 Å². The second-order valence-electron chi connectivity index (χ2n) is 6.30. The summed E-state index contributed by atoms with van der Waals surface area (Å²) in [5.41, 5.74) is 1.74. The molecule has 0 saturated heterocycles. The van der Waals surface area contributed by atoms with Crippen molar-refractivity contribution in [2.24, 2.45) is 0 Å². The number of amides is 2. The van der Waals surface area contributed by atoms with Crippen molar-refractivity contribution in [3.05, 3.63) is 54.6 Å². The Hall–Kier alpha value is -3.75. The van der Waals surface area contributed by atoms with E-state index in [1.807, 2.05) is 13.8 Å². The number of nitrogens with one attached hydrogen (secondary N) is 4. The van der Waals surface area contributed by atoms with Crippen LogP contribution in [0.25, 0.3) is 11.2 Å². The van der Waals surface area contributed by atoms with Gasteiger partial charge in [0, 0.05) is 17.9 Å². The van der Waals surface area contributed by atoms with Gasteiger partial charge in [-0.05, 0) is 38.1 Å². The second kappa shape index (κ2) is 7.87. The molecule has 0 unspecified atom stereocenters. The zero-order valence-corrected chi connectivity index (χ0v) is 15.3. The molecule has 28 heavy (non-hydrogen) atoms. The summed E-state index contributed by atoms with van der Waals surface area (Å²) < 4.78 is 13.9. The van der Waals surface area contributed by atoms with E-state index in [1.54, 1.807) is 6.20 Å². The Balaban J connectivity index is 1.88. The second-order valence-corrected chi connectivity index (χ2v) is 6.30. The van der Waals surface area contributed by atoms with Gasteiger partial charge in [0.2, 0.25) is 5.91 Å². The number of halogens is 1. The number of H-pyrrole nitrogens is 1. The van der Waals surface area contributed by atoms with Crippen LogP contribution in [0.15, 0.2) is 43.2 Å². The van der Waals surface area contributed by atoms with Crippen LogP contribution in [0.1, 0.15) is 24.2 Å². The van der Waals surface area contributed by atoms with Crippen LogP contribution in [0.2, 0.25) is 0 Å². The molecule has 1 aromatic carbocycles. The third-order valence-electron chi connectivity index (χ3n) is 3.73. The van der Waals surface area contributed by atoms with Crippen molar-refractivity contribution in [3.8, 4) is 0 Å². The lowest BCUT2D eigenvalue weighted by Crippen LogP contribution is -2.29. The number of fused-ring (bicyclic) bond motifs is 1. The number of carbonyl (C=O) groups excluding carboxylic acids is 2. The average molecular weight is 382 g/mol. The molecule has 0 aliphatic carbocycles. The van der Waals surface area contributed by atoms with Crippen LogP contribution in [-0.4, -0.2) is 32.8 Å². The van der Waals surface area contributed by atoms with Gasteiger partial charge in [0.25, 0.3) is 5.91 Å². The standard InChI is InChI=1S/C19H19FN6O2/c1-4-16(27)25-14-7-11(5-6-13(14)20)24-15-9-22-18-17(26-15)12(8-21-18)19(28)23-10(2)3/h4-10H,1H2,2-3H3,(H,21,22)(H,23,28)(H,24,26)(H,25,27). The van der Waals surface area contributed by atoms with Gasteiger partial charge >= 0.3 is 0 Å². The molecule has 0 bridgehead atoms. The minimum absolute atomic E-state index is 0.00239. The van der Waals surface area contributed by atoms with Crippen LogP contribution in [0.3, 0.4) is 0 Å². The normalized spacial score (nSPS) is 10.7. The predicted octanol–water partition coefficient (Wildman–Crippen LogP) is 3.10. The molecule has 0 aliphatic rings. The van der Waals surface area contributed by atoms with Crippen LogP contribution >= 0.6 is 0 Å². The highest BCUT2D eigenvalue weighted by molar-refractivity contribution is 6.04. The van der Waals surface area contributed by atoms with Gasteiger partial charge in [0.15, 0.2) is 5.65 Å². The maximum absolute atomic E-state index is 13.9. The zero-order valence-electron chi connectivity index (χ0n) is 15.3. The summed E-state index contributed by atoms with van der Waals surface area (Å²) in [4.78, 5) is 35.3.